The number of aryl methyl sites for hydroxylation is 1. The van der Waals surface area contributed by atoms with Crippen LogP contribution in [0.2, 0.25) is 0 Å². The average Bonchev–Trinajstić information content (AvgIpc) is 2.55. The van der Waals surface area contributed by atoms with E-state index in [2.05, 4.69) is 18.4 Å². The van der Waals surface area contributed by atoms with Gasteiger partial charge >= 0.3 is 0 Å². The summed E-state index contributed by atoms with van der Waals surface area (Å²) in [5.41, 5.74) is 1.06. The molecule has 124 valence electrons. The van der Waals surface area contributed by atoms with Gasteiger partial charge in [0, 0.05) is 5.57 Å². The van der Waals surface area contributed by atoms with Crippen molar-refractivity contribution in [1.29, 1.82) is 0 Å². The molecule has 0 N–H and O–H groups in total. The molecule has 0 bridgehead atoms. The fourth-order valence-electron chi connectivity index (χ4n) is 2.56. The molecule has 0 aliphatic heterocycles. The number of rotatable bonds is 0. The van der Waals surface area contributed by atoms with E-state index in [1.807, 2.05) is 12.1 Å². The molecule has 0 saturated heterocycles. The summed E-state index contributed by atoms with van der Waals surface area (Å²) in [6.07, 6.45) is 3.28. The van der Waals surface area contributed by atoms with Crippen molar-refractivity contribution in [2.75, 3.05) is 0 Å². The first-order chi connectivity index (χ1) is 11.9. The smallest absolute Gasteiger partial charge is 0.145 e. The molecule has 1 aliphatic carbocycles. The molecule has 1 aliphatic rings. The average molecular weight is 336 g/mol. The maximum atomic E-state index is 14.4. The standard InChI is InChI=1S/C22H15F3/c1-14-3-7-17(8-4-14)18-9-5-16(13-22(18)25)6-10-19-20(23)11-15(2)12-21(19)24/h3-5,7-9,11-13,22H,1H2,2H3. The van der Waals surface area contributed by atoms with E-state index in [4.69, 9.17) is 0 Å². The summed E-state index contributed by atoms with van der Waals surface area (Å²) in [5.74, 6) is 3.65. The summed E-state index contributed by atoms with van der Waals surface area (Å²) in [5, 5.41) is 1.61. The Morgan fingerprint density at radius 3 is 2.20 bits per heavy atom. The van der Waals surface area contributed by atoms with E-state index in [9.17, 15) is 13.2 Å². The molecule has 3 heteroatoms. The number of hydrogen-bond donors (Lipinski definition) is 0. The van der Waals surface area contributed by atoms with E-state index in [1.54, 1.807) is 31.2 Å². The Hall–Kier alpha value is -2.99. The van der Waals surface area contributed by atoms with Crippen molar-refractivity contribution >= 4 is 12.2 Å². The molecule has 1 atom stereocenters. The summed E-state index contributed by atoms with van der Waals surface area (Å²) in [6.45, 7) is 5.40. The summed E-state index contributed by atoms with van der Waals surface area (Å²) < 4.78 is 42.0. The second-order valence-electron chi connectivity index (χ2n) is 5.86. The third-order valence-corrected chi connectivity index (χ3v) is 3.87. The fraction of sp³-hybridized carbons (Fsp3) is 0.0909. The van der Waals surface area contributed by atoms with Gasteiger partial charge in [0.1, 0.15) is 17.8 Å². The Kier molecular flexibility index (Phi) is 4.63. The number of halogens is 3. The highest BCUT2D eigenvalue weighted by atomic mass is 19.1. The van der Waals surface area contributed by atoms with E-state index >= 15 is 0 Å². The van der Waals surface area contributed by atoms with E-state index in [0.717, 1.165) is 10.4 Å². The zero-order chi connectivity index (χ0) is 18.0. The van der Waals surface area contributed by atoms with Crippen LogP contribution in [0.5, 0.6) is 0 Å². The summed E-state index contributed by atoms with van der Waals surface area (Å²) in [7, 11) is 0. The zero-order valence-electron chi connectivity index (χ0n) is 13.6. The minimum absolute atomic E-state index is 0.309. The molecule has 0 aromatic heterocycles. The highest BCUT2D eigenvalue weighted by molar-refractivity contribution is 5.68. The lowest BCUT2D eigenvalue weighted by Crippen LogP contribution is -2.15. The molecular formula is C22H15F3. The lowest BCUT2D eigenvalue weighted by atomic mass is 9.98. The number of hydrogen-bond acceptors (Lipinski definition) is 0. The summed E-state index contributed by atoms with van der Waals surface area (Å²) in [4.78, 5) is 0. The van der Waals surface area contributed by atoms with Gasteiger partial charge in [-0.25, -0.2) is 13.2 Å². The van der Waals surface area contributed by atoms with Crippen LogP contribution in [0.3, 0.4) is 0 Å². The Balaban J connectivity index is 1.93. The minimum atomic E-state index is -1.34. The highest BCUT2D eigenvalue weighted by Gasteiger charge is 2.13. The Morgan fingerprint density at radius 1 is 0.960 bits per heavy atom. The molecular weight excluding hydrogens is 321 g/mol. The molecule has 2 aromatic rings. The topological polar surface area (TPSA) is 0 Å². The van der Waals surface area contributed by atoms with Gasteiger partial charge in [-0.15, -0.1) is 0 Å². The normalized spacial score (nSPS) is 16.2. The quantitative estimate of drug-likeness (QED) is 0.643. The molecule has 0 fully saturated rings. The van der Waals surface area contributed by atoms with Gasteiger partial charge in [-0.3, -0.25) is 0 Å². The molecule has 3 rings (SSSR count). The lowest BCUT2D eigenvalue weighted by molar-refractivity contribution is 0.478. The van der Waals surface area contributed by atoms with Crippen molar-refractivity contribution in [1.82, 2.24) is 0 Å². The Labute approximate surface area is 144 Å². The van der Waals surface area contributed by atoms with Crippen molar-refractivity contribution in [3.8, 4) is 11.8 Å². The van der Waals surface area contributed by atoms with Crippen molar-refractivity contribution < 1.29 is 13.2 Å². The molecule has 2 aromatic carbocycles. The van der Waals surface area contributed by atoms with E-state index in [0.29, 0.717) is 16.7 Å². The van der Waals surface area contributed by atoms with Crippen LogP contribution in [0.25, 0.3) is 12.2 Å². The van der Waals surface area contributed by atoms with Crippen LogP contribution in [0.1, 0.15) is 11.1 Å². The van der Waals surface area contributed by atoms with Gasteiger partial charge in [-0.05, 0) is 52.8 Å². The van der Waals surface area contributed by atoms with Crippen molar-refractivity contribution in [3.05, 3.63) is 93.4 Å². The van der Waals surface area contributed by atoms with Crippen LogP contribution in [0.15, 0.2) is 60.2 Å². The highest BCUT2D eigenvalue weighted by Crippen LogP contribution is 2.19. The first kappa shape index (κ1) is 16.9. The molecule has 0 radical (unpaired) electrons. The predicted octanol–water partition coefficient (Wildman–Crippen LogP) is 3.72. The Morgan fingerprint density at radius 2 is 1.60 bits per heavy atom. The van der Waals surface area contributed by atoms with E-state index < -0.39 is 17.8 Å². The monoisotopic (exact) mass is 336 g/mol. The van der Waals surface area contributed by atoms with Gasteiger partial charge in [0.2, 0.25) is 0 Å². The number of alkyl halides is 1. The second-order valence-corrected chi connectivity index (χ2v) is 5.86. The Bertz CT molecular complexity index is 1020. The van der Waals surface area contributed by atoms with Gasteiger partial charge in [0.25, 0.3) is 0 Å². The fourth-order valence-corrected chi connectivity index (χ4v) is 2.56. The maximum absolute atomic E-state index is 14.4. The van der Waals surface area contributed by atoms with Crippen LogP contribution in [0, 0.1) is 30.4 Å². The van der Waals surface area contributed by atoms with Crippen molar-refractivity contribution in [3.63, 3.8) is 0 Å². The first-order valence-electron chi connectivity index (χ1n) is 7.75. The van der Waals surface area contributed by atoms with Crippen molar-refractivity contribution in [2.24, 2.45) is 0 Å². The van der Waals surface area contributed by atoms with E-state index in [1.165, 1.54) is 18.2 Å². The second kappa shape index (κ2) is 6.86. The minimum Gasteiger partial charge on any atom is -0.238 e. The molecule has 0 saturated carbocycles. The van der Waals surface area contributed by atoms with Crippen LogP contribution in [-0.4, -0.2) is 6.17 Å². The molecule has 1 unspecified atom stereocenters. The van der Waals surface area contributed by atoms with Gasteiger partial charge in [0.15, 0.2) is 0 Å². The van der Waals surface area contributed by atoms with Gasteiger partial charge in [-0.2, -0.15) is 0 Å². The van der Waals surface area contributed by atoms with Crippen LogP contribution in [-0.2, 0) is 0 Å². The van der Waals surface area contributed by atoms with Crippen LogP contribution < -0.4 is 10.4 Å². The van der Waals surface area contributed by atoms with Gasteiger partial charge in [0.05, 0.1) is 5.56 Å². The lowest BCUT2D eigenvalue weighted by Gasteiger charge is -2.10. The largest absolute Gasteiger partial charge is 0.238 e. The first-order valence-corrected chi connectivity index (χ1v) is 7.75. The number of benzene rings is 2. The zero-order valence-corrected chi connectivity index (χ0v) is 13.6. The summed E-state index contributed by atoms with van der Waals surface area (Å²) >= 11 is 0. The van der Waals surface area contributed by atoms with E-state index in [-0.39, 0.29) is 5.56 Å². The van der Waals surface area contributed by atoms with Crippen LogP contribution in [0.4, 0.5) is 13.2 Å². The molecule has 0 spiro atoms. The molecule has 0 amide bonds. The third-order valence-electron chi connectivity index (χ3n) is 3.87. The van der Waals surface area contributed by atoms with Gasteiger partial charge < -0.3 is 0 Å². The molecule has 0 nitrogen and oxygen atoms in total. The maximum Gasteiger partial charge on any atom is 0.145 e. The summed E-state index contributed by atoms with van der Waals surface area (Å²) in [6, 6.07) is 9.66. The molecule has 0 heterocycles. The third kappa shape index (κ3) is 3.75. The molecule has 25 heavy (non-hydrogen) atoms. The predicted molar refractivity (Wildman–Crippen MR) is 94.7 cm³/mol. The SMILES string of the molecule is C=c1ccc(=C2C=CC(C#Cc3c(F)cc(C)cc3F)=CC2F)cc1. The number of allylic oxidation sites excluding steroid dienone is 4. The van der Waals surface area contributed by atoms with Crippen molar-refractivity contribution in [2.45, 2.75) is 13.1 Å². The van der Waals surface area contributed by atoms with Crippen LogP contribution >= 0.6 is 0 Å². The van der Waals surface area contributed by atoms with Gasteiger partial charge in [-0.1, -0.05) is 48.8 Å².